The first-order valence-electron chi connectivity index (χ1n) is 24.7. The normalized spacial score (nSPS) is 13.1. The van der Waals surface area contributed by atoms with Gasteiger partial charge in [0.1, 0.15) is 6.61 Å². The Balaban J connectivity index is 3.83. The SMILES string of the molecule is CCCCCCCCCCCCCCCCCCCCCCCCCC(=O)OC(COC(=O)CCCCCCCCCCCCCCCCC)COP(=O)(O)OC. The molecule has 0 aromatic heterocycles. The Morgan fingerprint density at radius 1 is 0.421 bits per heavy atom. The van der Waals surface area contributed by atoms with Gasteiger partial charge in [-0.1, -0.05) is 245 Å². The van der Waals surface area contributed by atoms with E-state index in [-0.39, 0.29) is 25.6 Å². The summed E-state index contributed by atoms with van der Waals surface area (Å²) >= 11 is 0. The molecule has 0 aromatic rings. The third-order valence-electron chi connectivity index (χ3n) is 11.4. The fourth-order valence-electron chi connectivity index (χ4n) is 7.54. The third-order valence-corrected chi connectivity index (χ3v) is 12.3. The van der Waals surface area contributed by atoms with Crippen LogP contribution < -0.4 is 0 Å². The molecule has 9 heteroatoms. The summed E-state index contributed by atoms with van der Waals surface area (Å²) in [6.07, 6.45) is 48.8. The van der Waals surface area contributed by atoms with Crippen LogP contribution in [-0.2, 0) is 32.7 Å². The van der Waals surface area contributed by atoms with E-state index in [0.717, 1.165) is 45.6 Å². The van der Waals surface area contributed by atoms with Crippen LogP contribution in [0.4, 0.5) is 0 Å². The average molecular weight is 831 g/mol. The minimum absolute atomic E-state index is 0.216. The van der Waals surface area contributed by atoms with E-state index in [1.54, 1.807) is 0 Å². The number of phosphoric ester groups is 1. The molecule has 57 heavy (non-hydrogen) atoms. The Bertz CT molecular complexity index is 900. The highest BCUT2D eigenvalue weighted by Crippen LogP contribution is 2.42. The van der Waals surface area contributed by atoms with E-state index in [1.165, 1.54) is 205 Å². The maximum absolute atomic E-state index is 12.6. The summed E-state index contributed by atoms with van der Waals surface area (Å²) in [6.45, 7) is 3.94. The molecule has 2 unspecified atom stereocenters. The van der Waals surface area contributed by atoms with Crippen LogP contribution >= 0.6 is 7.82 Å². The van der Waals surface area contributed by atoms with E-state index in [4.69, 9.17) is 14.0 Å². The van der Waals surface area contributed by atoms with Crippen LogP contribution in [0.3, 0.4) is 0 Å². The zero-order valence-electron chi connectivity index (χ0n) is 38.0. The molecule has 0 aromatic carbocycles. The molecule has 0 saturated heterocycles. The maximum atomic E-state index is 12.6. The molecule has 0 bridgehead atoms. The molecule has 0 radical (unpaired) electrons. The molecular weight excluding hydrogens is 735 g/mol. The Labute approximate surface area is 353 Å². The van der Waals surface area contributed by atoms with E-state index in [0.29, 0.717) is 6.42 Å². The van der Waals surface area contributed by atoms with Gasteiger partial charge in [0.25, 0.3) is 0 Å². The fraction of sp³-hybridized carbons (Fsp3) is 0.958. The number of carbonyl (C=O) groups is 2. The molecule has 0 amide bonds. The van der Waals surface area contributed by atoms with Crippen molar-refractivity contribution in [2.75, 3.05) is 20.3 Å². The molecule has 0 heterocycles. The summed E-state index contributed by atoms with van der Waals surface area (Å²) in [5.41, 5.74) is 0. The van der Waals surface area contributed by atoms with Gasteiger partial charge in [-0.3, -0.25) is 18.6 Å². The number of phosphoric acid groups is 1. The van der Waals surface area contributed by atoms with Gasteiger partial charge in [-0.05, 0) is 12.8 Å². The number of unbranched alkanes of at least 4 members (excludes halogenated alkanes) is 36. The molecule has 340 valence electrons. The largest absolute Gasteiger partial charge is 0.472 e. The van der Waals surface area contributed by atoms with Crippen molar-refractivity contribution in [3.8, 4) is 0 Å². The topological polar surface area (TPSA) is 108 Å². The lowest BCUT2D eigenvalue weighted by Crippen LogP contribution is -2.29. The summed E-state index contributed by atoms with van der Waals surface area (Å²) in [5.74, 6) is -0.782. The van der Waals surface area contributed by atoms with Crippen LogP contribution in [0.1, 0.15) is 271 Å². The van der Waals surface area contributed by atoms with Gasteiger partial charge in [0, 0.05) is 20.0 Å². The van der Waals surface area contributed by atoms with Crippen molar-refractivity contribution in [3.05, 3.63) is 0 Å². The summed E-state index contributed by atoms with van der Waals surface area (Å²) in [5, 5.41) is 0. The zero-order chi connectivity index (χ0) is 41.8. The highest BCUT2D eigenvalue weighted by atomic mass is 31.2. The molecule has 1 N–H and O–H groups in total. The molecule has 0 rings (SSSR count). The second-order valence-corrected chi connectivity index (χ2v) is 18.5. The lowest BCUT2D eigenvalue weighted by atomic mass is 10.0. The monoisotopic (exact) mass is 831 g/mol. The average Bonchev–Trinajstić information content (AvgIpc) is 3.20. The number of esters is 2. The van der Waals surface area contributed by atoms with Crippen molar-refractivity contribution in [1.82, 2.24) is 0 Å². The Morgan fingerprint density at radius 2 is 0.684 bits per heavy atom. The minimum Gasteiger partial charge on any atom is -0.462 e. The Kier molecular flexibility index (Phi) is 43.9. The lowest BCUT2D eigenvalue weighted by molar-refractivity contribution is -0.161. The predicted octanol–water partition coefficient (Wildman–Crippen LogP) is 15.8. The number of hydrogen-bond acceptors (Lipinski definition) is 7. The second-order valence-electron chi connectivity index (χ2n) is 17.0. The maximum Gasteiger partial charge on any atom is 0.472 e. The zero-order valence-corrected chi connectivity index (χ0v) is 38.9. The van der Waals surface area contributed by atoms with Crippen molar-refractivity contribution in [2.45, 2.75) is 277 Å². The quantitative estimate of drug-likeness (QED) is 0.0367. The van der Waals surface area contributed by atoms with Gasteiger partial charge in [-0.2, -0.15) is 0 Å². The molecular formula is C48H95O8P. The summed E-state index contributed by atoms with van der Waals surface area (Å²) in [7, 11) is -3.19. The van der Waals surface area contributed by atoms with Gasteiger partial charge in [-0.25, -0.2) is 4.57 Å². The van der Waals surface area contributed by atoms with Crippen molar-refractivity contribution >= 4 is 19.8 Å². The molecule has 0 saturated carbocycles. The second kappa shape index (κ2) is 44.6. The smallest absolute Gasteiger partial charge is 0.462 e. The number of hydrogen-bond donors (Lipinski definition) is 1. The predicted molar refractivity (Wildman–Crippen MR) is 240 cm³/mol. The van der Waals surface area contributed by atoms with Crippen LogP contribution in [0, 0.1) is 0 Å². The van der Waals surface area contributed by atoms with Gasteiger partial charge < -0.3 is 14.4 Å². The van der Waals surface area contributed by atoms with Crippen LogP contribution in [0.5, 0.6) is 0 Å². The van der Waals surface area contributed by atoms with Crippen molar-refractivity contribution < 1.29 is 37.6 Å². The van der Waals surface area contributed by atoms with Crippen molar-refractivity contribution in [1.29, 1.82) is 0 Å². The van der Waals surface area contributed by atoms with E-state index in [2.05, 4.69) is 18.4 Å². The van der Waals surface area contributed by atoms with Gasteiger partial charge in [-0.15, -0.1) is 0 Å². The molecule has 2 atom stereocenters. The first-order chi connectivity index (χ1) is 27.8. The standard InChI is InChI=1S/C48H95O8P/c1-4-6-8-10-12-14-16-18-20-21-22-23-24-25-26-27-29-31-33-35-37-39-41-43-48(50)56-46(45-55-57(51,52)53-3)44-54-47(49)42-40-38-36-34-32-30-28-19-17-15-13-11-9-7-5-2/h46H,4-45H2,1-3H3,(H,51,52). The van der Waals surface area contributed by atoms with E-state index >= 15 is 0 Å². The van der Waals surface area contributed by atoms with Crippen LogP contribution in [0.2, 0.25) is 0 Å². The summed E-state index contributed by atoms with van der Waals surface area (Å²) < 4.78 is 32.1. The fourth-order valence-corrected chi connectivity index (χ4v) is 8.00. The molecule has 0 fully saturated rings. The number of ether oxygens (including phenoxy) is 2. The highest BCUT2D eigenvalue weighted by molar-refractivity contribution is 7.47. The molecule has 0 spiro atoms. The lowest BCUT2D eigenvalue weighted by Gasteiger charge is -2.19. The van der Waals surface area contributed by atoms with E-state index in [9.17, 15) is 19.0 Å². The summed E-state index contributed by atoms with van der Waals surface area (Å²) in [4.78, 5) is 34.6. The minimum atomic E-state index is -4.26. The number of rotatable bonds is 47. The number of carbonyl (C=O) groups excluding carboxylic acids is 2. The Morgan fingerprint density at radius 3 is 0.965 bits per heavy atom. The van der Waals surface area contributed by atoms with Crippen molar-refractivity contribution in [3.63, 3.8) is 0 Å². The van der Waals surface area contributed by atoms with Crippen LogP contribution in [0.15, 0.2) is 0 Å². The van der Waals surface area contributed by atoms with Gasteiger partial charge in [0.15, 0.2) is 6.10 Å². The van der Waals surface area contributed by atoms with Crippen LogP contribution in [0.25, 0.3) is 0 Å². The first-order valence-corrected chi connectivity index (χ1v) is 26.2. The molecule has 0 aliphatic rings. The van der Waals surface area contributed by atoms with E-state index < -0.39 is 19.9 Å². The highest BCUT2D eigenvalue weighted by Gasteiger charge is 2.24. The molecule has 0 aliphatic carbocycles. The van der Waals surface area contributed by atoms with Crippen LogP contribution in [-0.4, -0.2) is 43.3 Å². The third kappa shape index (κ3) is 44.4. The Hall–Kier alpha value is -0.950. The van der Waals surface area contributed by atoms with Gasteiger partial charge in [0.05, 0.1) is 6.61 Å². The van der Waals surface area contributed by atoms with Gasteiger partial charge >= 0.3 is 19.8 Å². The summed E-state index contributed by atoms with van der Waals surface area (Å²) in [6, 6.07) is 0. The first kappa shape index (κ1) is 56.0. The van der Waals surface area contributed by atoms with Gasteiger partial charge in [0.2, 0.25) is 0 Å². The molecule has 8 nitrogen and oxygen atoms in total. The van der Waals surface area contributed by atoms with E-state index in [1.807, 2.05) is 0 Å². The van der Waals surface area contributed by atoms with Crippen molar-refractivity contribution in [2.24, 2.45) is 0 Å². The molecule has 0 aliphatic heterocycles.